The van der Waals surface area contributed by atoms with Crippen LogP contribution in [0.4, 0.5) is 0 Å². The Bertz CT molecular complexity index is 442. The Labute approximate surface area is 106 Å². The molecule has 0 bridgehead atoms. The van der Waals surface area contributed by atoms with E-state index in [0.717, 1.165) is 17.0 Å². The molecule has 4 nitrogen and oxygen atoms in total. The fourth-order valence-corrected chi connectivity index (χ4v) is 1.90. The number of nitrogens with zero attached hydrogens (tertiary/aromatic N) is 2. The van der Waals surface area contributed by atoms with E-state index in [1.165, 1.54) is 11.8 Å². The highest BCUT2D eigenvalue weighted by Crippen LogP contribution is 2.16. The molecule has 1 N–H and O–H groups in total. The maximum atomic E-state index is 11.3. The lowest BCUT2D eigenvalue weighted by atomic mass is 10.2. The number of thioether (sulfide) groups is 1. The third-order valence-corrected chi connectivity index (χ3v) is 3.18. The molecule has 0 aliphatic heterocycles. The third-order valence-electron chi connectivity index (χ3n) is 2.33. The number of aryl methyl sites for hydroxylation is 2. The Balaban J connectivity index is 2.59. The minimum absolute atomic E-state index is 0.104. The van der Waals surface area contributed by atoms with Crippen molar-refractivity contribution in [3.8, 4) is 12.3 Å². The van der Waals surface area contributed by atoms with E-state index in [2.05, 4.69) is 21.2 Å². The van der Waals surface area contributed by atoms with Gasteiger partial charge in [0.15, 0.2) is 5.16 Å². The van der Waals surface area contributed by atoms with Crippen LogP contribution in [-0.2, 0) is 4.79 Å². The summed E-state index contributed by atoms with van der Waals surface area (Å²) in [4.78, 5) is 20.0. The molecule has 0 aromatic carbocycles. The first kappa shape index (κ1) is 13.5. The van der Waals surface area contributed by atoms with Gasteiger partial charge in [0.2, 0.25) is 5.91 Å². The van der Waals surface area contributed by atoms with Crippen molar-refractivity contribution in [3.05, 3.63) is 17.0 Å². The molecule has 0 saturated carbocycles. The van der Waals surface area contributed by atoms with Crippen molar-refractivity contribution in [3.63, 3.8) is 0 Å². The van der Waals surface area contributed by atoms with Gasteiger partial charge in [0.05, 0.1) is 12.3 Å². The third kappa shape index (κ3) is 4.08. The van der Waals surface area contributed by atoms with Crippen molar-refractivity contribution in [2.45, 2.75) is 25.9 Å². The smallest absolute Gasteiger partial charge is 0.231 e. The van der Waals surface area contributed by atoms with E-state index in [4.69, 9.17) is 6.42 Å². The van der Waals surface area contributed by atoms with Gasteiger partial charge in [-0.3, -0.25) is 4.79 Å². The van der Waals surface area contributed by atoms with Gasteiger partial charge in [-0.1, -0.05) is 17.7 Å². The molecular weight excluding hydrogens is 234 g/mol. The summed E-state index contributed by atoms with van der Waals surface area (Å²) < 4.78 is 0. The predicted octanol–water partition coefficient (Wildman–Crippen LogP) is 1.24. The second-order valence-electron chi connectivity index (χ2n) is 3.57. The van der Waals surface area contributed by atoms with Gasteiger partial charge in [0.1, 0.15) is 0 Å². The summed E-state index contributed by atoms with van der Waals surface area (Å²) in [5.41, 5.74) is 2.99. The molecule has 1 aromatic rings. The molecule has 0 aliphatic carbocycles. The lowest BCUT2D eigenvalue weighted by molar-refractivity contribution is -0.118. The van der Waals surface area contributed by atoms with Crippen LogP contribution in [0.15, 0.2) is 5.16 Å². The molecule has 0 unspecified atom stereocenters. The summed E-state index contributed by atoms with van der Waals surface area (Å²) >= 11 is 1.31. The van der Waals surface area contributed by atoms with Gasteiger partial charge in [-0.25, -0.2) is 9.97 Å². The summed E-state index contributed by atoms with van der Waals surface area (Å²) in [5, 5.41) is 3.22. The van der Waals surface area contributed by atoms with Crippen LogP contribution >= 0.6 is 11.8 Å². The highest BCUT2D eigenvalue weighted by Gasteiger charge is 2.07. The van der Waals surface area contributed by atoms with Crippen molar-refractivity contribution < 1.29 is 4.79 Å². The Hall–Kier alpha value is -1.54. The summed E-state index contributed by atoms with van der Waals surface area (Å²) in [7, 11) is 0. The van der Waals surface area contributed by atoms with E-state index in [-0.39, 0.29) is 18.2 Å². The zero-order valence-electron chi connectivity index (χ0n) is 10.2. The molecule has 0 radical (unpaired) electrons. The van der Waals surface area contributed by atoms with Crippen molar-refractivity contribution in [2.75, 3.05) is 12.3 Å². The lowest BCUT2D eigenvalue weighted by Crippen LogP contribution is -2.25. The number of rotatable bonds is 4. The summed E-state index contributed by atoms with van der Waals surface area (Å²) in [6, 6.07) is 0. The van der Waals surface area contributed by atoms with Crippen LogP contribution < -0.4 is 5.32 Å². The summed E-state index contributed by atoms with van der Waals surface area (Å²) in [5.74, 6) is 2.53. The van der Waals surface area contributed by atoms with Gasteiger partial charge in [0, 0.05) is 11.4 Å². The normalized spacial score (nSPS) is 9.76. The highest BCUT2D eigenvalue weighted by molar-refractivity contribution is 7.99. The molecule has 1 aromatic heterocycles. The fraction of sp³-hybridized carbons (Fsp3) is 0.417. The molecule has 0 aliphatic rings. The van der Waals surface area contributed by atoms with Crippen LogP contribution in [0.3, 0.4) is 0 Å². The molecule has 90 valence electrons. The van der Waals surface area contributed by atoms with Crippen molar-refractivity contribution in [2.24, 2.45) is 0 Å². The quantitative estimate of drug-likeness (QED) is 0.495. The van der Waals surface area contributed by atoms with Gasteiger partial charge >= 0.3 is 0 Å². The summed E-state index contributed by atoms with van der Waals surface area (Å²) in [6.07, 6.45) is 5.04. The second kappa shape index (κ2) is 6.26. The first-order valence-electron chi connectivity index (χ1n) is 5.19. The van der Waals surface area contributed by atoms with Crippen LogP contribution in [-0.4, -0.2) is 28.2 Å². The molecule has 0 atom stereocenters. The average Bonchev–Trinajstić information content (AvgIpc) is 2.30. The molecule has 17 heavy (non-hydrogen) atoms. The number of nitrogens with one attached hydrogen (secondary N) is 1. The first-order valence-corrected chi connectivity index (χ1v) is 6.18. The minimum atomic E-state index is -0.104. The van der Waals surface area contributed by atoms with Gasteiger partial charge in [-0.05, 0) is 26.3 Å². The number of carbonyl (C=O) groups excluding carboxylic acids is 1. The molecule has 0 spiro atoms. The van der Waals surface area contributed by atoms with Crippen LogP contribution in [0.25, 0.3) is 0 Å². The predicted molar refractivity (Wildman–Crippen MR) is 68.8 cm³/mol. The van der Waals surface area contributed by atoms with E-state index >= 15 is 0 Å². The van der Waals surface area contributed by atoms with Crippen molar-refractivity contribution >= 4 is 17.7 Å². The number of amides is 1. The zero-order chi connectivity index (χ0) is 12.8. The van der Waals surface area contributed by atoms with Gasteiger partial charge in [-0.15, -0.1) is 6.42 Å². The van der Waals surface area contributed by atoms with E-state index in [0.29, 0.717) is 5.16 Å². The van der Waals surface area contributed by atoms with Crippen molar-refractivity contribution in [1.29, 1.82) is 0 Å². The Morgan fingerprint density at radius 1 is 1.35 bits per heavy atom. The molecule has 1 amide bonds. The second-order valence-corrected chi connectivity index (χ2v) is 4.51. The van der Waals surface area contributed by atoms with Crippen molar-refractivity contribution in [1.82, 2.24) is 15.3 Å². The minimum Gasteiger partial charge on any atom is -0.344 e. The molecule has 0 fully saturated rings. The number of hydrogen-bond acceptors (Lipinski definition) is 4. The molecule has 5 heteroatoms. The number of terminal acetylenes is 1. The van der Waals surface area contributed by atoms with E-state index in [9.17, 15) is 4.79 Å². The Kier molecular flexibility index (Phi) is 4.98. The SMILES string of the molecule is C#CCNC(=O)CSc1nc(C)c(C)c(C)n1. The Morgan fingerprint density at radius 2 is 1.94 bits per heavy atom. The largest absolute Gasteiger partial charge is 0.344 e. The summed E-state index contributed by atoms with van der Waals surface area (Å²) in [6.45, 7) is 6.11. The molecular formula is C12H15N3OS. The monoisotopic (exact) mass is 249 g/mol. The average molecular weight is 249 g/mol. The maximum Gasteiger partial charge on any atom is 0.231 e. The van der Waals surface area contributed by atoms with Crippen LogP contribution in [0.5, 0.6) is 0 Å². The van der Waals surface area contributed by atoms with Gasteiger partial charge in [-0.2, -0.15) is 0 Å². The molecule has 1 rings (SSSR count). The maximum absolute atomic E-state index is 11.3. The lowest BCUT2D eigenvalue weighted by Gasteiger charge is -2.06. The topological polar surface area (TPSA) is 54.9 Å². The Morgan fingerprint density at radius 3 is 2.47 bits per heavy atom. The first-order chi connectivity index (χ1) is 8.04. The standard InChI is InChI=1S/C12H15N3OS/c1-5-6-13-11(16)7-17-12-14-9(3)8(2)10(4)15-12/h1H,6-7H2,2-4H3,(H,13,16). The fourth-order valence-electron chi connectivity index (χ4n) is 1.14. The number of hydrogen-bond donors (Lipinski definition) is 1. The van der Waals surface area contributed by atoms with Gasteiger partial charge < -0.3 is 5.32 Å². The van der Waals surface area contributed by atoms with Crippen LogP contribution in [0.2, 0.25) is 0 Å². The zero-order valence-corrected chi connectivity index (χ0v) is 11.0. The molecule has 1 heterocycles. The van der Waals surface area contributed by atoms with Gasteiger partial charge in [0.25, 0.3) is 0 Å². The van der Waals surface area contributed by atoms with E-state index in [1.807, 2.05) is 20.8 Å². The van der Waals surface area contributed by atoms with Crippen LogP contribution in [0.1, 0.15) is 17.0 Å². The number of carbonyl (C=O) groups is 1. The van der Waals surface area contributed by atoms with Crippen LogP contribution in [0, 0.1) is 33.1 Å². The highest BCUT2D eigenvalue weighted by atomic mass is 32.2. The molecule has 0 saturated heterocycles. The van der Waals surface area contributed by atoms with E-state index < -0.39 is 0 Å². The van der Waals surface area contributed by atoms with E-state index in [1.54, 1.807) is 0 Å². The number of aromatic nitrogens is 2.